The van der Waals surface area contributed by atoms with E-state index >= 15 is 0 Å². The Hall–Kier alpha value is -2.81. The van der Waals surface area contributed by atoms with E-state index in [1.54, 1.807) is 36.5 Å². The van der Waals surface area contributed by atoms with Gasteiger partial charge in [0.05, 0.1) is 24.1 Å². The summed E-state index contributed by atoms with van der Waals surface area (Å²) in [6.45, 7) is 3.63. The van der Waals surface area contributed by atoms with Crippen LogP contribution in [0.15, 0.2) is 46.6 Å². The second kappa shape index (κ2) is 7.61. The maximum Gasteiger partial charge on any atom is 0.338 e. The lowest BCUT2D eigenvalue weighted by atomic mass is 10.0. The Morgan fingerprint density at radius 3 is 2.88 bits per heavy atom. The number of carbonyl (C=O) groups is 2. The molecule has 2 amide bonds. The summed E-state index contributed by atoms with van der Waals surface area (Å²) >= 11 is 1.60. The fourth-order valence-electron chi connectivity index (χ4n) is 2.74. The topological polar surface area (TPSA) is 98.1 Å². The summed E-state index contributed by atoms with van der Waals surface area (Å²) in [5, 5.41) is 13.7. The van der Waals surface area contributed by atoms with E-state index in [1.807, 2.05) is 30.5 Å². The van der Waals surface area contributed by atoms with Crippen molar-refractivity contribution in [2.24, 2.45) is 0 Å². The summed E-state index contributed by atoms with van der Waals surface area (Å²) in [7, 11) is 0. The summed E-state index contributed by atoms with van der Waals surface area (Å²) in [6.07, 6.45) is 3.69. The van der Waals surface area contributed by atoms with E-state index in [-0.39, 0.29) is 6.61 Å². The second-order valence-corrected chi connectivity index (χ2v) is 6.40. The number of nitrogens with one attached hydrogen (secondary N) is 2. The molecule has 1 atom stereocenters. The average Bonchev–Trinajstić information content (AvgIpc) is 3.11. The number of rotatable bonds is 5. The third kappa shape index (κ3) is 3.43. The molecule has 0 saturated carbocycles. The molecule has 0 fully saturated rings. The van der Waals surface area contributed by atoms with Crippen LogP contribution in [-0.4, -0.2) is 39.9 Å². The molecule has 8 nitrogen and oxygen atoms in total. The molecule has 1 aromatic carbocycles. The van der Waals surface area contributed by atoms with Gasteiger partial charge >= 0.3 is 12.0 Å². The molecule has 0 bridgehead atoms. The van der Waals surface area contributed by atoms with Gasteiger partial charge in [-0.15, -0.1) is 16.9 Å². The van der Waals surface area contributed by atoms with E-state index in [0.717, 1.165) is 10.6 Å². The number of amides is 2. The molecular formula is C17H19N5O3S. The molecule has 3 rings (SSSR count). The first-order valence-electron chi connectivity index (χ1n) is 8.06. The van der Waals surface area contributed by atoms with Crippen molar-refractivity contribution >= 4 is 23.8 Å². The van der Waals surface area contributed by atoms with Crippen LogP contribution < -0.4 is 10.6 Å². The van der Waals surface area contributed by atoms with Gasteiger partial charge in [-0.1, -0.05) is 17.3 Å². The first-order valence-corrected chi connectivity index (χ1v) is 9.28. The van der Waals surface area contributed by atoms with Crippen molar-refractivity contribution in [3.05, 3.63) is 47.4 Å². The number of thioether (sulfide) groups is 1. The van der Waals surface area contributed by atoms with E-state index in [4.69, 9.17) is 4.74 Å². The standard InChI is InChI=1S/C17H19N5O3S/c1-4-25-16(23)14-10(2)18-17(24)19-15(14)11-9-22(21-20-11)12-7-5-6-8-13(12)26-3/h5-9,15H,4H2,1-3H3,(H2,18,19,24). The highest BCUT2D eigenvalue weighted by atomic mass is 32.2. The third-order valence-electron chi connectivity index (χ3n) is 3.90. The molecule has 0 spiro atoms. The average molecular weight is 373 g/mol. The largest absolute Gasteiger partial charge is 0.463 e. The summed E-state index contributed by atoms with van der Waals surface area (Å²) < 4.78 is 6.75. The minimum absolute atomic E-state index is 0.240. The van der Waals surface area contributed by atoms with Crippen molar-refractivity contribution in [2.45, 2.75) is 24.8 Å². The van der Waals surface area contributed by atoms with Crippen LogP contribution in [0.25, 0.3) is 5.69 Å². The SMILES string of the molecule is CCOC(=O)C1=C(C)NC(=O)NC1c1cn(-c2ccccc2SC)nn1. The Morgan fingerprint density at radius 2 is 2.15 bits per heavy atom. The Kier molecular flexibility index (Phi) is 5.27. The molecular weight excluding hydrogens is 354 g/mol. The number of ether oxygens (including phenoxy) is 1. The Bertz CT molecular complexity index is 877. The van der Waals surface area contributed by atoms with Crippen molar-refractivity contribution in [3.8, 4) is 5.69 Å². The number of hydrogen-bond donors (Lipinski definition) is 2. The number of nitrogens with zero attached hydrogens (tertiary/aromatic N) is 3. The number of para-hydroxylation sites is 1. The summed E-state index contributed by atoms with van der Waals surface area (Å²) in [5.41, 5.74) is 2.09. The second-order valence-electron chi connectivity index (χ2n) is 5.55. The highest BCUT2D eigenvalue weighted by Crippen LogP contribution is 2.28. The van der Waals surface area contributed by atoms with Gasteiger partial charge in [0.15, 0.2) is 0 Å². The predicted molar refractivity (Wildman–Crippen MR) is 96.9 cm³/mol. The number of hydrogen-bond acceptors (Lipinski definition) is 6. The monoisotopic (exact) mass is 373 g/mol. The molecule has 9 heteroatoms. The number of carbonyl (C=O) groups excluding carboxylic acids is 2. The minimum Gasteiger partial charge on any atom is -0.463 e. The van der Waals surface area contributed by atoms with Gasteiger partial charge < -0.3 is 15.4 Å². The smallest absolute Gasteiger partial charge is 0.338 e. The number of esters is 1. The van der Waals surface area contributed by atoms with Crippen LogP contribution in [-0.2, 0) is 9.53 Å². The normalized spacial score (nSPS) is 16.9. The number of benzene rings is 1. The van der Waals surface area contributed by atoms with E-state index in [9.17, 15) is 9.59 Å². The number of aromatic nitrogens is 3. The first-order chi connectivity index (χ1) is 12.5. The number of urea groups is 1. The lowest BCUT2D eigenvalue weighted by Crippen LogP contribution is -2.45. The lowest BCUT2D eigenvalue weighted by molar-refractivity contribution is -0.139. The van der Waals surface area contributed by atoms with Crippen molar-refractivity contribution < 1.29 is 14.3 Å². The van der Waals surface area contributed by atoms with Gasteiger partial charge in [-0.3, -0.25) is 0 Å². The van der Waals surface area contributed by atoms with Crippen LogP contribution in [0.1, 0.15) is 25.6 Å². The molecule has 1 aromatic heterocycles. The van der Waals surface area contributed by atoms with Gasteiger partial charge in [0, 0.05) is 10.6 Å². The van der Waals surface area contributed by atoms with Crippen LogP contribution in [0.5, 0.6) is 0 Å². The summed E-state index contributed by atoms with van der Waals surface area (Å²) in [5.74, 6) is -0.499. The number of allylic oxidation sites excluding steroid dienone is 1. The minimum atomic E-state index is -0.724. The Morgan fingerprint density at radius 1 is 1.38 bits per heavy atom. The molecule has 0 saturated heterocycles. The molecule has 0 aliphatic carbocycles. The molecule has 26 heavy (non-hydrogen) atoms. The highest BCUT2D eigenvalue weighted by Gasteiger charge is 2.34. The molecule has 2 heterocycles. The maximum absolute atomic E-state index is 12.3. The van der Waals surface area contributed by atoms with Crippen LogP contribution in [0.4, 0.5) is 4.79 Å². The molecule has 0 radical (unpaired) electrons. The van der Waals surface area contributed by atoms with Gasteiger partial charge in [-0.25, -0.2) is 14.3 Å². The zero-order chi connectivity index (χ0) is 18.7. The van der Waals surface area contributed by atoms with E-state index < -0.39 is 18.0 Å². The molecule has 1 aliphatic heterocycles. The maximum atomic E-state index is 12.3. The lowest BCUT2D eigenvalue weighted by Gasteiger charge is -2.26. The van der Waals surface area contributed by atoms with Crippen molar-refractivity contribution in [2.75, 3.05) is 12.9 Å². The first kappa shape index (κ1) is 18.0. The fraction of sp³-hybridized carbons (Fsp3) is 0.294. The van der Waals surface area contributed by atoms with Gasteiger partial charge in [-0.2, -0.15) is 0 Å². The van der Waals surface area contributed by atoms with Crippen LogP contribution >= 0.6 is 11.8 Å². The Balaban J connectivity index is 2.00. The van der Waals surface area contributed by atoms with Crippen molar-refractivity contribution in [1.29, 1.82) is 0 Å². The van der Waals surface area contributed by atoms with Gasteiger partial charge in [-0.05, 0) is 32.2 Å². The molecule has 1 unspecified atom stereocenters. The van der Waals surface area contributed by atoms with Crippen molar-refractivity contribution in [1.82, 2.24) is 25.6 Å². The Labute approximate surface area is 155 Å². The fourth-order valence-corrected chi connectivity index (χ4v) is 3.33. The zero-order valence-corrected chi connectivity index (χ0v) is 15.5. The zero-order valence-electron chi connectivity index (χ0n) is 14.6. The van der Waals surface area contributed by atoms with Crippen LogP contribution in [0, 0.1) is 0 Å². The predicted octanol–water partition coefficient (Wildman–Crippen LogP) is 2.18. The van der Waals surface area contributed by atoms with Gasteiger partial charge in [0.2, 0.25) is 0 Å². The molecule has 1 aliphatic rings. The quantitative estimate of drug-likeness (QED) is 0.616. The molecule has 2 N–H and O–H groups in total. The van der Waals surface area contributed by atoms with Gasteiger partial charge in [0.1, 0.15) is 11.7 Å². The van der Waals surface area contributed by atoms with Gasteiger partial charge in [0.25, 0.3) is 0 Å². The van der Waals surface area contributed by atoms with E-state index in [0.29, 0.717) is 17.0 Å². The van der Waals surface area contributed by atoms with E-state index in [2.05, 4.69) is 20.9 Å². The van der Waals surface area contributed by atoms with E-state index in [1.165, 1.54) is 0 Å². The third-order valence-corrected chi connectivity index (χ3v) is 4.69. The van der Waals surface area contributed by atoms with Crippen molar-refractivity contribution in [3.63, 3.8) is 0 Å². The molecule has 136 valence electrons. The van der Waals surface area contributed by atoms with Crippen LogP contribution in [0.3, 0.4) is 0 Å². The molecule has 2 aromatic rings. The van der Waals surface area contributed by atoms with Crippen LogP contribution in [0.2, 0.25) is 0 Å². The highest BCUT2D eigenvalue weighted by molar-refractivity contribution is 7.98. The summed E-state index contributed by atoms with van der Waals surface area (Å²) in [6, 6.07) is 6.65. The summed E-state index contributed by atoms with van der Waals surface area (Å²) in [4.78, 5) is 25.3.